The van der Waals surface area contributed by atoms with Gasteiger partial charge in [-0.15, -0.1) is 0 Å². The zero-order valence-electron chi connectivity index (χ0n) is 8.81. The number of halogens is 2. The van der Waals surface area contributed by atoms with Crippen molar-refractivity contribution in [1.29, 1.82) is 0 Å². The molecule has 0 aliphatic carbocycles. The number of aliphatic hydroxyl groups excluding tert-OH is 1. The Morgan fingerprint density at radius 3 is 2.19 bits per heavy atom. The van der Waals surface area contributed by atoms with E-state index in [0.717, 1.165) is 6.26 Å². The van der Waals surface area contributed by atoms with Crippen LogP contribution in [-0.2, 0) is 9.84 Å². The Morgan fingerprint density at radius 2 is 1.81 bits per heavy atom. The third-order valence-electron chi connectivity index (χ3n) is 2.40. The standard InChI is InChI=1S/C10H12BrFO3S/c1-10(11,16(2,14)15)9(13)7-3-5-8(12)6-4-7/h3-6,9,13H,1-2H3. The molecular formula is C10H12BrFO3S. The molecule has 0 bridgehead atoms. The van der Waals surface area contributed by atoms with Gasteiger partial charge in [-0.1, -0.05) is 28.1 Å². The maximum atomic E-state index is 12.7. The van der Waals surface area contributed by atoms with E-state index in [-0.39, 0.29) is 0 Å². The fourth-order valence-corrected chi connectivity index (χ4v) is 1.95. The normalized spacial score (nSPS) is 17.8. The first kappa shape index (κ1) is 13.6. The average molecular weight is 311 g/mol. The topological polar surface area (TPSA) is 54.4 Å². The second-order valence-corrected chi connectivity index (χ2v) is 8.28. The van der Waals surface area contributed by atoms with E-state index in [9.17, 15) is 17.9 Å². The van der Waals surface area contributed by atoms with Gasteiger partial charge in [0.15, 0.2) is 13.5 Å². The van der Waals surface area contributed by atoms with Crippen LogP contribution in [0.15, 0.2) is 24.3 Å². The molecule has 0 heterocycles. The zero-order valence-corrected chi connectivity index (χ0v) is 11.2. The van der Waals surface area contributed by atoms with Crippen LogP contribution in [0.2, 0.25) is 0 Å². The lowest BCUT2D eigenvalue weighted by atomic mass is 10.1. The van der Waals surface area contributed by atoms with Gasteiger partial charge in [0.1, 0.15) is 11.9 Å². The number of hydrogen-bond donors (Lipinski definition) is 1. The molecule has 3 nitrogen and oxygen atoms in total. The smallest absolute Gasteiger partial charge is 0.165 e. The lowest BCUT2D eigenvalue weighted by Gasteiger charge is -2.26. The van der Waals surface area contributed by atoms with E-state index in [1.807, 2.05) is 0 Å². The highest BCUT2D eigenvalue weighted by molar-refractivity contribution is 9.11. The highest BCUT2D eigenvalue weighted by atomic mass is 79.9. The summed E-state index contributed by atoms with van der Waals surface area (Å²) in [4.78, 5) is 0. The second kappa shape index (κ2) is 4.43. The molecule has 1 rings (SSSR count). The number of benzene rings is 1. The first-order chi connectivity index (χ1) is 7.16. The summed E-state index contributed by atoms with van der Waals surface area (Å²) in [6.45, 7) is 1.36. The summed E-state index contributed by atoms with van der Waals surface area (Å²) < 4.78 is 34.1. The molecule has 0 aliphatic heterocycles. The van der Waals surface area contributed by atoms with Gasteiger partial charge in [-0.3, -0.25) is 0 Å². The van der Waals surface area contributed by atoms with Crippen LogP contribution < -0.4 is 0 Å². The Labute approximate surface area is 102 Å². The maximum Gasteiger partial charge on any atom is 0.165 e. The molecule has 2 atom stereocenters. The van der Waals surface area contributed by atoms with Crippen LogP contribution >= 0.6 is 15.9 Å². The summed E-state index contributed by atoms with van der Waals surface area (Å²) in [5, 5.41) is 9.93. The molecule has 90 valence electrons. The van der Waals surface area contributed by atoms with E-state index in [1.54, 1.807) is 0 Å². The Morgan fingerprint density at radius 1 is 1.38 bits per heavy atom. The van der Waals surface area contributed by atoms with Gasteiger partial charge in [0, 0.05) is 6.26 Å². The van der Waals surface area contributed by atoms with Crippen LogP contribution in [0.5, 0.6) is 0 Å². The maximum absolute atomic E-state index is 12.7. The van der Waals surface area contributed by atoms with Crippen molar-refractivity contribution in [2.24, 2.45) is 0 Å². The van der Waals surface area contributed by atoms with E-state index >= 15 is 0 Å². The van der Waals surface area contributed by atoms with Gasteiger partial charge >= 0.3 is 0 Å². The quantitative estimate of drug-likeness (QED) is 0.869. The first-order valence-electron chi connectivity index (χ1n) is 4.48. The Bertz CT molecular complexity index is 467. The first-order valence-corrected chi connectivity index (χ1v) is 7.16. The van der Waals surface area contributed by atoms with Gasteiger partial charge in [-0.2, -0.15) is 0 Å². The molecule has 0 aromatic heterocycles. The SMILES string of the molecule is CC(Br)(C(O)c1ccc(F)cc1)S(C)(=O)=O. The number of aliphatic hydroxyl groups is 1. The zero-order chi connectivity index (χ0) is 12.6. The minimum absolute atomic E-state index is 0.339. The van der Waals surface area contributed by atoms with E-state index in [2.05, 4.69) is 15.9 Å². The van der Waals surface area contributed by atoms with Gasteiger partial charge in [0.25, 0.3) is 0 Å². The summed E-state index contributed by atoms with van der Waals surface area (Å²) >= 11 is 2.99. The summed E-state index contributed by atoms with van der Waals surface area (Å²) in [6.07, 6.45) is -0.239. The predicted molar refractivity (Wildman–Crippen MR) is 63.5 cm³/mol. The van der Waals surface area contributed by atoms with Gasteiger partial charge in [-0.05, 0) is 24.6 Å². The highest BCUT2D eigenvalue weighted by Crippen LogP contribution is 2.37. The molecule has 1 N–H and O–H groups in total. The van der Waals surface area contributed by atoms with Crippen LogP contribution in [-0.4, -0.2) is 23.4 Å². The van der Waals surface area contributed by atoms with E-state index in [4.69, 9.17) is 0 Å². The van der Waals surface area contributed by atoms with Crippen molar-refractivity contribution in [2.45, 2.75) is 16.7 Å². The fourth-order valence-electron chi connectivity index (χ4n) is 1.15. The summed E-state index contributed by atoms with van der Waals surface area (Å²) in [5.74, 6) is -0.438. The van der Waals surface area contributed by atoms with Crippen LogP contribution in [0.1, 0.15) is 18.6 Å². The third kappa shape index (κ3) is 2.61. The molecule has 16 heavy (non-hydrogen) atoms. The minimum atomic E-state index is -3.49. The molecule has 2 unspecified atom stereocenters. The van der Waals surface area contributed by atoms with Crippen LogP contribution in [0.4, 0.5) is 4.39 Å². The lowest BCUT2D eigenvalue weighted by molar-refractivity contribution is 0.168. The van der Waals surface area contributed by atoms with Crippen molar-refractivity contribution < 1.29 is 17.9 Å². The van der Waals surface area contributed by atoms with E-state index in [1.165, 1.54) is 31.2 Å². The van der Waals surface area contributed by atoms with Crippen molar-refractivity contribution >= 4 is 25.8 Å². The van der Waals surface area contributed by atoms with Crippen molar-refractivity contribution in [1.82, 2.24) is 0 Å². The molecule has 0 saturated carbocycles. The van der Waals surface area contributed by atoms with Gasteiger partial charge in [-0.25, -0.2) is 12.8 Å². The van der Waals surface area contributed by atoms with E-state index < -0.39 is 25.4 Å². The average Bonchev–Trinajstić information content (AvgIpc) is 2.16. The highest BCUT2D eigenvalue weighted by Gasteiger charge is 2.41. The largest absolute Gasteiger partial charge is 0.386 e. The number of sulfone groups is 1. The van der Waals surface area contributed by atoms with Gasteiger partial charge in [0.2, 0.25) is 0 Å². The van der Waals surface area contributed by atoms with Crippen LogP contribution in [0, 0.1) is 5.82 Å². The Hall–Kier alpha value is -0.460. The molecule has 0 spiro atoms. The summed E-state index contributed by atoms with van der Waals surface area (Å²) in [5.41, 5.74) is 0.339. The molecule has 0 saturated heterocycles. The van der Waals surface area contributed by atoms with Crippen LogP contribution in [0.3, 0.4) is 0 Å². The van der Waals surface area contributed by atoms with Crippen molar-refractivity contribution in [3.63, 3.8) is 0 Å². The lowest BCUT2D eigenvalue weighted by Crippen LogP contribution is -2.34. The number of hydrogen-bond acceptors (Lipinski definition) is 3. The number of rotatable bonds is 3. The summed E-state index contributed by atoms with van der Waals surface area (Å²) in [6, 6.07) is 5.04. The van der Waals surface area contributed by atoms with E-state index in [0.29, 0.717) is 5.56 Å². The Kier molecular flexibility index (Phi) is 3.76. The second-order valence-electron chi connectivity index (χ2n) is 3.71. The van der Waals surface area contributed by atoms with Gasteiger partial charge in [0.05, 0.1) is 0 Å². The molecule has 6 heteroatoms. The summed E-state index contributed by atoms with van der Waals surface area (Å²) in [7, 11) is -3.49. The molecule has 1 aromatic carbocycles. The molecule has 0 fully saturated rings. The Balaban J connectivity index is 3.12. The predicted octanol–water partition coefficient (Wildman–Crippen LogP) is 2.01. The van der Waals surface area contributed by atoms with Crippen molar-refractivity contribution in [2.75, 3.05) is 6.26 Å². The van der Waals surface area contributed by atoms with Gasteiger partial charge < -0.3 is 5.11 Å². The van der Waals surface area contributed by atoms with Crippen LogP contribution in [0.25, 0.3) is 0 Å². The monoisotopic (exact) mass is 310 g/mol. The molecular weight excluding hydrogens is 299 g/mol. The fraction of sp³-hybridized carbons (Fsp3) is 0.400. The molecule has 0 amide bonds. The van der Waals surface area contributed by atoms with Crippen molar-refractivity contribution in [3.8, 4) is 0 Å². The minimum Gasteiger partial charge on any atom is -0.386 e. The molecule has 0 radical (unpaired) electrons. The van der Waals surface area contributed by atoms with Crippen molar-refractivity contribution in [3.05, 3.63) is 35.6 Å². The molecule has 0 aliphatic rings. The third-order valence-corrected chi connectivity index (χ3v) is 6.27. The molecule has 1 aromatic rings. The number of alkyl halides is 1.